The Morgan fingerprint density at radius 1 is 1.29 bits per heavy atom. The Morgan fingerprint density at radius 2 is 2.04 bits per heavy atom. The van der Waals surface area contributed by atoms with Crippen molar-refractivity contribution >= 4 is 0 Å². The number of halogens is 2. The molecule has 0 spiro atoms. The molecule has 5 nitrogen and oxygen atoms in total. The SMILES string of the molecule is COCC1CCCN1CC1OCC(NC2CCC(F)(F)CC2)C1O. The molecule has 0 aromatic rings. The van der Waals surface area contributed by atoms with E-state index in [2.05, 4.69) is 10.2 Å². The van der Waals surface area contributed by atoms with Crippen molar-refractivity contribution in [3.63, 3.8) is 0 Å². The average molecular weight is 348 g/mol. The molecule has 2 N–H and O–H groups in total. The van der Waals surface area contributed by atoms with Crippen LogP contribution in [0.1, 0.15) is 38.5 Å². The zero-order valence-electron chi connectivity index (χ0n) is 14.4. The zero-order chi connectivity index (χ0) is 17.2. The fourth-order valence-corrected chi connectivity index (χ4v) is 4.25. The maximum atomic E-state index is 13.2. The van der Waals surface area contributed by atoms with Crippen LogP contribution in [0.4, 0.5) is 8.78 Å². The third-order valence-corrected chi connectivity index (χ3v) is 5.72. The van der Waals surface area contributed by atoms with Crippen LogP contribution in [-0.2, 0) is 9.47 Å². The van der Waals surface area contributed by atoms with Crippen LogP contribution in [-0.4, -0.2) is 79.7 Å². The van der Waals surface area contributed by atoms with Gasteiger partial charge in [-0.2, -0.15) is 0 Å². The molecule has 140 valence electrons. The van der Waals surface area contributed by atoms with Crippen molar-refractivity contribution < 1.29 is 23.4 Å². The number of likely N-dealkylation sites (tertiary alicyclic amines) is 1. The van der Waals surface area contributed by atoms with Crippen molar-refractivity contribution in [2.45, 2.75) is 74.8 Å². The number of ether oxygens (including phenoxy) is 2. The molecule has 0 bridgehead atoms. The van der Waals surface area contributed by atoms with Gasteiger partial charge >= 0.3 is 0 Å². The monoisotopic (exact) mass is 348 g/mol. The standard InChI is InChI=1S/C17H30F2N2O3/c1-23-10-13-3-2-8-21(13)9-15-16(22)14(11-24-15)20-12-4-6-17(18,19)7-5-12/h12-16,20,22H,2-11H2,1H3. The highest BCUT2D eigenvalue weighted by atomic mass is 19.3. The normalized spacial score (nSPS) is 38.0. The number of aliphatic hydroxyl groups is 1. The van der Waals surface area contributed by atoms with Gasteiger partial charge in [-0.3, -0.25) is 4.90 Å². The summed E-state index contributed by atoms with van der Waals surface area (Å²) in [5, 5.41) is 13.9. The van der Waals surface area contributed by atoms with Crippen molar-refractivity contribution in [3.05, 3.63) is 0 Å². The molecule has 24 heavy (non-hydrogen) atoms. The van der Waals surface area contributed by atoms with Crippen LogP contribution < -0.4 is 5.32 Å². The number of nitrogens with zero attached hydrogens (tertiary/aromatic N) is 1. The van der Waals surface area contributed by atoms with E-state index in [4.69, 9.17) is 9.47 Å². The lowest BCUT2D eigenvalue weighted by Crippen LogP contribution is -2.50. The average Bonchev–Trinajstić information content (AvgIpc) is 3.11. The summed E-state index contributed by atoms with van der Waals surface area (Å²) >= 11 is 0. The number of hydrogen-bond donors (Lipinski definition) is 2. The summed E-state index contributed by atoms with van der Waals surface area (Å²) in [7, 11) is 1.71. The van der Waals surface area contributed by atoms with Crippen LogP contribution in [0, 0.1) is 0 Å². The van der Waals surface area contributed by atoms with Crippen LogP contribution in [0.15, 0.2) is 0 Å². The van der Waals surface area contributed by atoms with Gasteiger partial charge in [0.15, 0.2) is 0 Å². The van der Waals surface area contributed by atoms with Crippen LogP contribution in [0.2, 0.25) is 0 Å². The lowest BCUT2D eigenvalue weighted by Gasteiger charge is -2.32. The van der Waals surface area contributed by atoms with Crippen molar-refractivity contribution in [2.75, 3.05) is 33.4 Å². The quantitative estimate of drug-likeness (QED) is 0.760. The third-order valence-electron chi connectivity index (χ3n) is 5.72. The first-order valence-corrected chi connectivity index (χ1v) is 9.15. The highest BCUT2D eigenvalue weighted by Crippen LogP contribution is 2.33. The minimum atomic E-state index is -2.52. The number of rotatable bonds is 6. The maximum Gasteiger partial charge on any atom is 0.248 e. The van der Waals surface area contributed by atoms with Crippen LogP contribution in [0.3, 0.4) is 0 Å². The van der Waals surface area contributed by atoms with E-state index in [-0.39, 0.29) is 31.0 Å². The molecular formula is C17H30F2N2O3. The van der Waals surface area contributed by atoms with Gasteiger partial charge in [0.2, 0.25) is 5.92 Å². The van der Waals surface area contributed by atoms with E-state index in [1.807, 2.05) is 0 Å². The van der Waals surface area contributed by atoms with Gasteiger partial charge in [-0.25, -0.2) is 8.78 Å². The Balaban J connectivity index is 1.46. The van der Waals surface area contributed by atoms with E-state index < -0.39 is 12.0 Å². The molecule has 0 aromatic carbocycles. The lowest BCUT2D eigenvalue weighted by molar-refractivity contribution is -0.0422. The Morgan fingerprint density at radius 3 is 2.75 bits per heavy atom. The van der Waals surface area contributed by atoms with E-state index in [1.165, 1.54) is 0 Å². The van der Waals surface area contributed by atoms with Crippen molar-refractivity contribution in [1.29, 1.82) is 0 Å². The first-order chi connectivity index (χ1) is 11.5. The van der Waals surface area contributed by atoms with Gasteiger partial charge in [0.05, 0.1) is 31.5 Å². The van der Waals surface area contributed by atoms with Gasteiger partial charge in [0.25, 0.3) is 0 Å². The van der Waals surface area contributed by atoms with Gasteiger partial charge in [-0.05, 0) is 32.2 Å². The van der Waals surface area contributed by atoms with Crippen LogP contribution in [0.25, 0.3) is 0 Å². The number of aliphatic hydroxyl groups excluding tert-OH is 1. The molecule has 0 amide bonds. The summed E-state index contributed by atoms with van der Waals surface area (Å²) < 4.78 is 37.6. The van der Waals surface area contributed by atoms with E-state index in [0.29, 0.717) is 38.6 Å². The molecule has 4 atom stereocenters. The van der Waals surface area contributed by atoms with Gasteiger partial charge in [0, 0.05) is 38.6 Å². The first kappa shape index (κ1) is 18.5. The molecule has 0 radical (unpaired) electrons. The summed E-state index contributed by atoms with van der Waals surface area (Å²) in [6, 6.07) is 0.299. The summed E-state index contributed by atoms with van der Waals surface area (Å²) in [6.07, 6.45) is 2.25. The van der Waals surface area contributed by atoms with Gasteiger partial charge in [-0.15, -0.1) is 0 Å². The zero-order valence-corrected chi connectivity index (χ0v) is 14.4. The van der Waals surface area contributed by atoms with E-state index >= 15 is 0 Å². The van der Waals surface area contributed by atoms with Gasteiger partial charge in [-0.1, -0.05) is 0 Å². The molecule has 7 heteroatoms. The Hall–Kier alpha value is -0.340. The topological polar surface area (TPSA) is 54.0 Å². The highest BCUT2D eigenvalue weighted by Gasteiger charge is 2.41. The minimum Gasteiger partial charge on any atom is -0.389 e. The Bertz CT molecular complexity index is 403. The summed E-state index contributed by atoms with van der Waals surface area (Å²) in [6.45, 7) is 2.87. The molecule has 2 heterocycles. The van der Waals surface area contributed by atoms with Crippen molar-refractivity contribution in [3.8, 4) is 0 Å². The molecule has 3 aliphatic rings. The van der Waals surface area contributed by atoms with Crippen molar-refractivity contribution in [1.82, 2.24) is 10.2 Å². The molecule has 2 saturated heterocycles. The molecular weight excluding hydrogens is 318 g/mol. The third kappa shape index (κ3) is 4.43. The Labute approximate surface area is 142 Å². The molecule has 3 rings (SSSR count). The smallest absolute Gasteiger partial charge is 0.248 e. The van der Waals surface area contributed by atoms with Gasteiger partial charge in [0.1, 0.15) is 0 Å². The number of alkyl halides is 2. The summed E-state index contributed by atoms with van der Waals surface area (Å²) in [5.74, 6) is -2.52. The molecule has 2 aliphatic heterocycles. The molecule has 1 aliphatic carbocycles. The van der Waals surface area contributed by atoms with Gasteiger partial charge < -0.3 is 19.9 Å². The van der Waals surface area contributed by atoms with E-state index in [0.717, 1.165) is 19.4 Å². The predicted molar refractivity (Wildman–Crippen MR) is 86.3 cm³/mol. The van der Waals surface area contributed by atoms with E-state index in [1.54, 1.807) is 7.11 Å². The minimum absolute atomic E-state index is 0.0552. The van der Waals surface area contributed by atoms with Crippen LogP contribution >= 0.6 is 0 Å². The van der Waals surface area contributed by atoms with Crippen molar-refractivity contribution in [2.24, 2.45) is 0 Å². The highest BCUT2D eigenvalue weighted by molar-refractivity contribution is 4.95. The fraction of sp³-hybridized carbons (Fsp3) is 1.00. The molecule has 4 unspecified atom stereocenters. The first-order valence-electron chi connectivity index (χ1n) is 9.15. The Kier molecular flexibility index (Phi) is 6.08. The molecule has 1 saturated carbocycles. The number of hydrogen-bond acceptors (Lipinski definition) is 5. The lowest BCUT2D eigenvalue weighted by atomic mass is 9.91. The van der Waals surface area contributed by atoms with E-state index in [9.17, 15) is 13.9 Å². The largest absolute Gasteiger partial charge is 0.389 e. The summed E-state index contributed by atoms with van der Waals surface area (Å²) in [4.78, 5) is 2.33. The number of methoxy groups -OCH3 is 1. The second-order valence-electron chi connectivity index (χ2n) is 7.51. The summed E-state index contributed by atoms with van der Waals surface area (Å²) in [5.41, 5.74) is 0. The van der Waals surface area contributed by atoms with Crippen LogP contribution in [0.5, 0.6) is 0 Å². The predicted octanol–water partition coefficient (Wildman–Crippen LogP) is 1.39. The fourth-order valence-electron chi connectivity index (χ4n) is 4.25. The second kappa shape index (κ2) is 7.91. The maximum absolute atomic E-state index is 13.2. The molecule has 3 fully saturated rings. The second-order valence-corrected chi connectivity index (χ2v) is 7.51. The number of nitrogens with one attached hydrogen (secondary N) is 1. The molecule has 0 aromatic heterocycles.